The van der Waals surface area contributed by atoms with Crippen LogP contribution < -0.4 is 5.32 Å². The van der Waals surface area contributed by atoms with Gasteiger partial charge >= 0.3 is 0 Å². The third-order valence-corrected chi connectivity index (χ3v) is 3.06. The number of rotatable bonds is 0. The maximum Gasteiger partial charge on any atom is 0.235 e. The molecular weight excluding hydrogens is 220 g/mol. The first kappa shape index (κ1) is 7.74. The van der Waals surface area contributed by atoms with Crippen LogP contribution in [0.1, 0.15) is 0 Å². The van der Waals surface area contributed by atoms with Gasteiger partial charge in [0.15, 0.2) is 0 Å². The quantitative estimate of drug-likeness (QED) is 0.598. The zero-order valence-corrected chi connectivity index (χ0v) is 7.53. The first-order valence-corrected chi connectivity index (χ1v) is 4.76. The molecule has 10 heavy (non-hydrogen) atoms. The zero-order valence-electron chi connectivity index (χ0n) is 5.13. The molecule has 6 heteroatoms. The van der Waals surface area contributed by atoms with Gasteiger partial charge in [0.05, 0.1) is 10.0 Å². The molecule has 0 unspecified atom stereocenters. The Morgan fingerprint density at radius 3 is 2.50 bits per heavy atom. The predicted octanol–water partition coefficient (Wildman–Crippen LogP) is 0.184. The molecule has 0 atom stereocenters. The number of amidine groups is 1. The molecular formula is C4H5BrN2O2S. The highest BCUT2D eigenvalue weighted by Gasteiger charge is 2.23. The molecule has 0 bridgehead atoms. The molecule has 0 spiro atoms. The van der Waals surface area contributed by atoms with Gasteiger partial charge < -0.3 is 5.32 Å². The summed E-state index contributed by atoms with van der Waals surface area (Å²) in [5, 5.41) is 3.60. The van der Waals surface area contributed by atoms with Crippen LogP contribution in [0.4, 0.5) is 0 Å². The van der Waals surface area contributed by atoms with Crippen LogP contribution in [0.2, 0.25) is 0 Å². The molecule has 1 heterocycles. The van der Waals surface area contributed by atoms with Crippen molar-refractivity contribution in [2.75, 3.05) is 7.05 Å². The molecule has 0 fully saturated rings. The van der Waals surface area contributed by atoms with E-state index in [0.29, 0.717) is 4.61 Å². The van der Waals surface area contributed by atoms with Gasteiger partial charge in [-0.2, -0.15) is 0 Å². The summed E-state index contributed by atoms with van der Waals surface area (Å²) in [5.74, 6) is 0. The maximum atomic E-state index is 10.9. The minimum Gasteiger partial charge on any atom is -0.324 e. The third kappa shape index (κ3) is 1.22. The van der Waals surface area contributed by atoms with E-state index < -0.39 is 9.84 Å². The Bertz CT molecular complexity index is 303. The van der Waals surface area contributed by atoms with Crippen LogP contribution in [0.5, 0.6) is 0 Å². The average Bonchev–Trinajstić information content (AvgIpc) is 2.04. The molecule has 1 N–H and O–H groups in total. The summed E-state index contributed by atoms with van der Waals surface area (Å²) in [6.45, 7) is 0. The Morgan fingerprint density at radius 1 is 1.70 bits per heavy atom. The summed E-state index contributed by atoms with van der Waals surface area (Å²) < 4.78 is 22.2. The van der Waals surface area contributed by atoms with Crippen molar-refractivity contribution in [3.05, 3.63) is 10.0 Å². The lowest BCUT2D eigenvalue weighted by molar-refractivity contribution is 0.615. The van der Waals surface area contributed by atoms with Crippen LogP contribution in [0.25, 0.3) is 0 Å². The van der Waals surface area contributed by atoms with Crippen LogP contribution in [0.3, 0.4) is 0 Å². The monoisotopic (exact) mass is 224 g/mol. The third-order valence-electron chi connectivity index (χ3n) is 0.958. The van der Waals surface area contributed by atoms with Gasteiger partial charge in [-0.3, -0.25) is 4.99 Å². The largest absolute Gasteiger partial charge is 0.324 e. The summed E-state index contributed by atoms with van der Waals surface area (Å²) in [4.78, 5) is 3.53. The summed E-state index contributed by atoms with van der Waals surface area (Å²) in [7, 11) is -1.84. The van der Waals surface area contributed by atoms with Crippen molar-refractivity contribution in [1.29, 1.82) is 0 Å². The number of hydrogen-bond acceptors (Lipinski definition) is 3. The normalized spacial score (nSPS) is 26.2. The number of nitrogens with zero attached hydrogens (tertiary/aromatic N) is 1. The minimum absolute atomic E-state index is 0.0145. The van der Waals surface area contributed by atoms with Crippen LogP contribution in [-0.4, -0.2) is 20.6 Å². The van der Waals surface area contributed by atoms with E-state index in [0.717, 1.165) is 5.41 Å². The molecule has 0 aromatic rings. The van der Waals surface area contributed by atoms with E-state index in [4.69, 9.17) is 0 Å². The van der Waals surface area contributed by atoms with Gasteiger partial charge in [-0.05, 0) is 15.9 Å². The molecule has 0 aromatic heterocycles. The number of sulfone groups is 1. The highest BCUT2D eigenvalue weighted by molar-refractivity contribution is 9.11. The molecule has 0 aromatic carbocycles. The molecule has 0 saturated carbocycles. The van der Waals surface area contributed by atoms with Crippen LogP contribution in [0, 0.1) is 0 Å². The van der Waals surface area contributed by atoms with Gasteiger partial charge in [-0.1, -0.05) is 0 Å². The summed E-state index contributed by atoms with van der Waals surface area (Å²) in [6, 6.07) is 0. The van der Waals surface area contributed by atoms with E-state index in [9.17, 15) is 8.42 Å². The van der Waals surface area contributed by atoms with E-state index >= 15 is 0 Å². The second-order valence-electron chi connectivity index (χ2n) is 1.66. The number of hydrogen-bond donors (Lipinski definition) is 1. The van der Waals surface area contributed by atoms with Crippen LogP contribution >= 0.6 is 15.9 Å². The topological polar surface area (TPSA) is 58.5 Å². The Kier molecular flexibility index (Phi) is 1.82. The van der Waals surface area contributed by atoms with E-state index in [1.165, 1.54) is 7.05 Å². The van der Waals surface area contributed by atoms with E-state index in [2.05, 4.69) is 26.2 Å². The zero-order chi connectivity index (χ0) is 7.78. The van der Waals surface area contributed by atoms with Crippen LogP contribution in [-0.2, 0) is 9.84 Å². The lowest BCUT2D eigenvalue weighted by atomic mass is 11.0. The number of nitrogens with one attached hydrogen (secondary N) is 1. The predicted molar refractivity (Wildman–Crippen MR) is 42.4 cm³/mol. The van der Waals surface area contributed by atoms with Gasteiger partial charge in [0.1, 0.15) is 0 Å². The summed E-state index contributed by atoms with van der Waals surface area (Å²) in [5.41, 5.74) is 0. The fourth-order valence-electron chi connectivity index (χ4n) is 0.578. The van der Waals surface area contributed by atoms with Crippen LogP contribution in [0.15, 0.2) is 15.0 Å². The summed E-state index contributed by atoms with van der Waals surface area (Å²) in [6.07, 6.45) is 0. The molecule has 1 aliphatic rings. The maximum absolute atomic E-state index is 10.9. The van der Waals surface area contributed by atoms with Gasteiger partial charge in [0.2, 0.25) is 15.0 Å². The Labute approximate surface area is 67.1 Å². The lowest BCUT2D eigenvalue weighted by Crippen LogP contribution is -2.20. The number of aliphatic imine (C=N–C) groups is 1. The SMILES string of the molecule is CN=C1NC(Br)=CS1(=O)=O. The van der Waals surface area contributed by atoms with Crippen molar-refractivity contribution in [1.82, 2.24) is 5.32 Å². The van der Waals surface area contributed by atoms with E-state index in [1.807, 2.05) is 0 Å². The van der Waals surface area contributed by atoms with Gasteiger partial charge in [0.25, 0.3) is 0 Å². The minimum atomic E-state index is -3.26. The van der Waals surface area contributed by atoms with Crippen molar-refractivity contribution in [3.8, 4) is 0 Å². The Balaban J connectivity index is 3.17. The highest BCUT2D eigenvalue weighted by atomic mass is 79.9. The molecule has 1 rings (SSSR count). The number of halogens is 1. The average molecular weight is 225 g/mol. The molecule has 4 nitrogen and oxygen atoms in total. The fraction of sp³-hybridized carbons (Fsp3) is 0.250. The van der Waals surface area contributed by atoms with Gasteiger partial charge in [0, 0.05) is 7.05 Å². The molecule has 56 valence electrons. The van der Waals surface area contributed by atoms with E-state index in [-0.39, 0.29) is 5.17 Å². The van der Waals surface area contributed by atoms with Gasteiger partial charge in [-0.15, -0.1) is 0 Å². The van der Waals surface area contributed by atoms with Crippen molar-refractivity contribution in [3.63, 3.8) is 0 Å². The second kappa shape index (κ2) is 2.35. The summed E-state index contributed by atoms with van der Waals surface area (Å²) >= 11 is 2.99. The molecule has 0 saturated heterocycles. The highest BCUT2D eigenvalue weighted by Crippen LogP contribution is 2.13. The van der Waals surface area contributed by atoms with Crippen molar-refractivity contribution in [2.24, 2.45) is 4.99 Å². The van der Waals surface area contributed by atoms with Crippen molar-refractivity contribution >= 4 is 30.9 Å². The smallest absolute Gasteiger partial charge is 0.235 e. The first-order chi connectivity index (χ1) is 4.56. The van der Waals surface area contributed by atoms with Crippen molar-refractivity contribution < 1.29 is 8.42 Å². The lowest BCUT2D eigenvalue weighted by Gasteiger charge is -1.93. The molecule has 0 amide bonds. The Morgan fingerprint density at radius 2 is 2.30 bits per heavy atom. The fourth-order valence-corrected chi connectivity index (χ4v) is 2.58. The standard InChI is InChI=1S/C4H5BrN2O2S/c1-6-4-7-3(5)2-10(4,8)9/h2H,1H3,(H,6,7). The molecule has 1 aliphatic heterocycles. The first-order valence-electron chi connectivity index (χ1n) is 2.42. The molecule has 0 aliphatic carbocycles. The second-order valence-corrected chi connectivity index (χ2v) is 4.23. The Hall–Kier alpha value is -0.360. The molecule has 0 radical (unpaired) electrons. The van der Waals surface area contributed by atoms with Crippen molar-refractivity contribution in [2.45, 2.75) is 0 Å². The van der Waals surface area contributed by atoms with Gasteiger partial charge in [-0.25, -0.2) is 8.42 Å². The van der Waals surface area contributed by atoms with E-state index in [1.54, 1.807) is 0 Å².